The lowest BCUT2D eigenvalue weighted by Gasteiger charge is -2.29. The maximum Gasteiger partial charge on any atom is 0.392 e. The summed E-state index contributed by atoms with van der Waals surface area (Å²) >= 11 is 0. The molecule has 1 rings (SSSR count). The van der Waals surface area contributed by atoms with Crippen LogP contribution in [-0.2, 0) is 0 Å². The fourth-order valence-electron chi connectivity index (χ4n) is 3.21. The highest BCUT2D eigenvalue weighted by Crippen LogP contribution is 2.58. The van der Waals surface area contributed by atoms with E-state index in [0.717, 1.165) is 0 Å². The highest BCUT2D eigenvalue weighted by atomic mass is 19.4. The first-order chi connectivity index (χ1) is 7.51. The molecule has 0 N–H and O–H groups in total. The molecule has 0 bridgehead atoms. The van der Waals surface area contributed by atoms with E-state index in [1.54, 1.807) is 0 Å². The normalized spacial score (nSPS) is 39.7. The average Bonchev–Trinajstić information content (AvgIpc) is 2.38. The van der Waals surface area contributed by atoms with Crippen molar-refractivity contribution >= 4 is 0 Å². The van der Waals surface area contributed by atoms with Crippen LogP contribution in [0.5, 0.6) is 0 Å². The van der Waals surface area contributed by atoms with E-state index in [1.165, 1.54) is 20.8 Å². The molecule has 102 valence electrons. The average molecular weight is 262 g/mol. The van der Waals surface area contributed by atoms with Crippen LogP contribution >= 0.6 is 0 Å². The smallest absolute Gasteiger partial charge is 0.171 e. The Kier molecular flexibility index (Phi) is 3.75. The topological polar surface area (TPSA) is 0 Å². The van der Waals surface area contributed by atoms with Gasteiger partial charge in [0, 0.05) is 0 Å². The third-order valence-electron chi connectivity index (χ3n) is 4.15. The van der Waals surface area contributed by atoms with Gasteiger partial charge >= 0.3 is 12.4 Å². The van der Waals surface area contributed by atoms with Gasteiger partial charge in [-0.1, -0.05) is 27.2 Å². The van der Waals surface area contributed by atoms with Crippen molar-refractivity contribution in [1.29, 1.82) is 0 Å². The van der Waals surface area contributed by atoms with E-state index < -0.39 is 41.9 Å². The first kappa shape index (κ1) is 14.6. The molecule has 3 unspecified atom stereocenters. The summed E-state index contributed by atoms with van der Waals surface area (Å²) in [6, 6.07) is 0. The van der Waals surface area contributed by atoms with E-state index in [1.807, 2.05) is 0 Å². The van der Waals surface area contributed by atoms with Crippen molar-refractivity contribution in [3.05, 3.63) is 0 Å². The monoisotopic (exact) mass is 262 g/mol. The summed E-state index contributed by atoms with van der Waals surface area (Å²) in [7, 11) is 0. The van der Waals surface area contributed by atoms with Gasteiger partial charge in [-0.25, -0.2) is 0 Å². The summed E-state index contributed by atoms with van der Waals surface area (Å²) in [5, 5.41) is 0. The minimum Gasteiger partial charge on any atom is -0.171 e. The van der Waals surface area contributed by atoms with Crippen LogP contribution in [0.3, 0.4) is 0 Å². The van der Waals surface area contributed by atoms with Crippen LogP contribution in [0.15, 0.2) is 0 Å². The Morgan fingerprint density at radius 1 is 0.765 bits per heavy atom. The molecule has 1 saturated carbocycles. The first-order valence-corrected chi connectivity index (χ1v) is 5.65. The fraction of sp³-hybridized carbons (Fsp3) is 1.00. The van der Waals surface area contributed by atoms with Gasteiger partial charge < -0.3 is 0 Å². The van der Waals surface area contributed by atoms with E-state index >= 15 is 0 Å². The van der Waals surface area contributed by atoms with Crippen molar-refractivity contribution in [2.75, 3.05) is 0 Å². The van der Waals surface area contributed by atoms with Gasteiger partial charge in [0.1, 0.15) is 0 Å². The van der Waals surface area contributed by atoms with Crippen LogP contribution in [0.25, 0.3) is 0 Å². The predicted octanol–water partition coefficient (Wildman–Crippen LogP) is 4.66. The molecule has 0 saturated heterocycles. The van der Waals surface area contributed by atoms with Crippen LogP contribution in [0.2, 0.25) is 0 Å². The van der Waals surface area contributed by atoms with Gasteiger partial charge in [-0.15, -0.1) is 0 Å². The molecule has 1 aliphatic carbocycles. The summed E-state index contributed by atoms with van der Waals surface area (Å²) in [6.07, 6.45) is -9.43. The molecule has 0 aromatic rings. The highest BCUT2D eigenvalue weighted by molar-refractivity contribution is 4.98. The second-order valence-corrected chi connectivity index (χ2v) is 4.93. The van der Waals surface area contributed by atoms with Crippen molar-refractivity contribution in [3.8, 4) is 0 Å². The Balaban J connectivity index is 3.17. The van der Waals surface area contributed by atoms with Gasteiger partial charge in [0.05, 0.1) is 11.8 Å². The number of hydrogen-bond acceptors (Lipinski definition) is 0. The maximum absolute atomic E-state index is 12.8. The Bertz CT molecular complexity index is 266. The predicted molar refractivity (Wildman–Crippen MR) is 51.2 cm³/mol. The number of hydrogen-bond donors (Lipinski definition) is 0. The lowest BCUT2D eigenvalue weighted by atomic mass is 9.84. The van der Waals surface area contributed by atoms with Gasteiger partial charge in [-0.05, 0) is 17.8 Å². The summed E-state index contributed by atoms with van der Waals surface area (Å²) in [5.74, 6) is -6.98. The van der Waals surface area contributed by atoms with Crippen molar-refractivity contribution in [1.82, 2.24) is 0 Å². The van der Waals surface area contributed by atoms with Crippen LogP contribution in [0.1, 0.15) is 27.2 Å². The highest BCUT2D eigenvalue weighted by Gasteiger charge is 2.65. The molecule has 0 aromatic carbocycles. The molecule has 0 radical (unpaired) electrons. The van der Waals surface area contributed by atoms with Gasteiger partial charge in [-0.2, -0.15) is 26.3 Å². The molecule has 0 spiro atoms. The van der Waals surface area contributed by atoms with E-state index in [2.05, 4.69) is 0 Å². The molecule has 6 heteroatoms. The first-order valence-electron chi connectivity index (χ1n) is 5.65. The summed E-state index contributed by atoms with van der Waals surface area (Å²) in [5.41, 5.74) is 0. The van der Waals surface area contributed by atoms with E-state index in [0.29, 0.717) is 0 Å². The molecule has 0 heterocycles. The molecule has 0 nitrogen and oxygen atoms in total. The quantitative estimate of drug-likeness (QED) is 0.603. The maximum atomic E-state index is 12.8. The summed E-state index contributed by atoms with van der Waals surface area (Å²) in [4.78, 5) is 0. The molecular formula is C11H16F6. The van der Waals surface area contributed by atoms with Crippen molar-refractivity contribution in [2.24, 2.45) is 29.6 Å². The molecular weight excluding hydrogens is 246 g/mol. The van der Waals surface area contributed by atoms with Gasteiger partial charge in [0.15, 0.2) is 0 Å². The molecule has 1 fully saturated rings. The largest absolute Gasteiger partial charge is 0.392 e. The third kappa shape index (κ3) is 2.55. The van der Waals surface area contributed by atoms with E-state index in [-0.39, 0.29) is 6.42 Å². The van der Waals surface area contributed by atoms with Crippen LogP contribution in [-0.4, -0.2) is 12.4 Å². The van der Waals surface area contributed by atoms with Gasteiger partial charge in [-0.3, -0.25) is 0 Å². The number of rotatable bonds is 1. The molecule has 0 amide bonds. The zero-order valence-corrected chi connectivity index (χ0v) is 9.86. The van der Waals surface area contributed by atoms with Gasteiger partial charge in [0.2, 0.25) is 0 Å². The zero-order chi connectivity index (χ0) is 13.6. The third-order valence-corrected chi connectivity index (χ3v) is 4.15. The van der Waals surface area contributed by atoms with Crippen molar-refractivity contribution < 1.29 is 26.3 Å². The van der Waals surface area contributed by atoms with E-state index in [4.69, 9.17) is 0 Å². The van der Waals surface area contributed by atoms with Crippen LogP contribution in [0.4, 0.5) is 26.3 Å². The van der Waals surface area contributed by atoms with Crippen molar-refractivity contribution in [2.45, 2.75) is 39.5 Å². The molecule has 0 aromatic heterocycles. The zero-order valence-electron chi connectivity index (χ0n) is 9.86. The van der Waals surface area contributed by atoms with Crippen LogP contribution < -0.4 is 0 Å². The standard InChI is InChI=1S/C11H16F6/c1-4-7-5(2)6(3)8(10(12,13)14)9(7)11(15,16)17/h5-9H,4H2,1-3H3/t5?,6-,7+,8?,9?/m0/s1. The van der Waals surface area contributed by atoms with Crippen molar-refractivity contribution in [3.63, 3.8) is 0 Å². The fourth-order valence-corrected chi connectivity index (χ4v) is 3.21. The minimum absolute atomic E-state index is 0.127. The Hall–Kier alpha value is -0.420. The summed E-state index contributed by atoms with van der Waals surface area (Å²) in [6.45, 7) is 4.28. The Morgan fingerprint density at radius 3 is 1.47 bits per heavy atom. The SMILES string of the molecule is CC[C@@H]1C(C)[C@H](C)C(C(F)(F)F)C1C(F)(F)F. The lowest BCUT2D eigenvalue weighted by molar-refractivity contribution is -0.258. The Labute approximate surface area is 96.4 Å². The molecule has 17 heavy (non-hydrogen) atoms. The lowest BCUT2D eigenvalue weighted by Crippen LogP contribution is -2.40. The van der Waals surface area contributed by atoms with Crippen LogP contribution in [0, 0.1) is 29.6 Å². The second kappa shape index (κ2) is 4.35. The minimum atomic E-state index is -4.78. The molecule has 5 atom stereocenters. The Morgan fingerprint density at radius 2 is 1.18 bits per heavy atom. The second-order valence-electron chi connectivity index (χ2n) is 4.93. The van der Waals surface area contributed by atoms with Gasteiger partial charge in [0.25, 0.3) is 0 Å². The van der Waals surface area contributed by atoms with E-state index in [9.17, 15) is 26.3 Å². The molecule has 0 aliphatic heterocycles. The number of alkyl halides is 6. The summed E-state index contributed by atoms with van der Waals surface area (Å²) < 4.78 is 76.8. The number of halogens is 6. The molecule has 1 aliphatic rings.